The number of urea groups is 1. The third kappa shape index (κ3) is 3.60. The van der Waals surface area contributed by atoms with E-state index in [0.717, 1.165) is 5.57 Å². The number of carbonyl (C=O) groups excluding carboxylic acids is 1. The summed E-state index contributed by atoms with van der Waals surface area (Å²) in [6.45, 7) is 8.50. The van der Waals surface area contributed by atoms with E-state index in [2.05, 4.69) is 6.58 Å². The van der Waals surface area contributed by atoms with Gasteiger partial charge in [0.15, 0.2) is 0 Å². The number of carboxylic acids is 1. The lowest BCUT2D eigenvalue weighted by atomic mass is 10.1. The van der Waals surface area contributed by atoms with Crippen molar-refractivity contribution in [3.8, 4) is 0 Å². The van der Waals surface area contributed by atoms with Gasteiger partial charge >= 0.3 is 12.0 Å². The second kappa shape index (κ2) is 6.75. The van der Waals surface area contributed by atoms with Crippen molar-refractivity contribution in [2.45, 2.75) is 13.8 Å². The number of anilines is 1. The van der Waals surface area contributed by atoms with Crippen LogP contribution in [0.5, 0.6) is 0 Å². The van der Waals surface area contributed by atoms with Gasteiger partial charge < -0.3 is 10.0 Å². The van der Waals surface area contributed by atoms with E-state index in [-0.39, 0.29) is 11.6 Å². The van der Waals surface area contributed by atoms with E-state index in [9.17, 15) is 14.7 Å². The average molecular weight is 276 g/mol. The quantitative estimate of drug-likeness (QED) is 0.841. The maximum Gasteiger partial charge on any atom is 0.337 e. The van der Waals surface area contributed by atoms with Crippen LogP contribution in [0.25, 0.3) is 0 Å². The minimum absolute atomic E-state index is 0.106. The molecule has 0 unspecified atom stereocenters. The SMILES string of the molecule is C=C(C)CN(CC)C(=O)N(C)c1ccccc1C(=O)O. The van der Waals surface area contributed by atoms with Gasteiger partial charge in [-0.15, -0.1) is 0 Å². The fourth-order valence-corrected chi connectivity index (χ4v) is 1.90. The number of rotatable bonds is 5. The number of amides is 2. The second-order valence-electron chi connectivity index (χ2n) is 4.64. The topological polar surface area (TPSA) is 60.9 Å². The third-order valence-electron chi connectivity index (χ3n) is 2.90. The van der Waals surface area contributed by atoms with Gasteiger partial charge in [0, 0.05) is 20.1 Å². The summed E-state index contributed by atoms with van der Waals surface area (Å²) in [7, 11) is 1.57. The molecule has 0 fully saturated rings. The first kappa shape index (κ1) is 15.8. The standard InChI is InChI=1S/C15H20N2O3/c1-5-17(10-11(2)3)15(20)16(4)13-9-7-6-8-12(13)14(18)19/h6-9H,2,5,10H2,1,3-4H3,(H,18,19). The Balaban J connectivity index is 3.05. The Labute approximate surface area is 119 Å². The van der Waals surface area contributed by atoms with Crippen LogP contribution in [0.4, 0.5) is 10.5 Å². The normalized spacial score (nSPS) is 9.95. The maximum atomic E-state index is 12.4. The molecule has 0 atom stereocenters. The Hall–Kier alpha value is -2.30. The molecule has 1 aromatic rings. The van der Waals surface area contributed by atoms with Crippen LogP contribution in [0.3, 0.4) is 0 Å². The molecule has 0 aliphatic carbocycles. The van der Waals surface area contributed by atoms with E-state index >= 15 is 0 Å². The smallest absolute Gasteiger partial charge is 0.337 e. The van der Waals surface area contributed by atoms with Gasteiger partial charge in [0.05, 0.1) is 11.3 Å². The number of aromatic carboxylic acids is 1. The predicted octanol–water partition coefficient (Wildman–Crippen LogP) is 2.84. The summed E-state index contributed by atoms with van der Waals surface area (Å²) < 4.78 is 0. The van der Waals surface area contributed by atoms with Crippen molar-refractivity contribution in [3.63, 3.8) is 0 Å². The van der Waals surface area contributed by atoms with E-state index in [1.807, 2.05) is 13.8 Å². The molecule has 20 heavy (non-hydrogen) atoms. The maximum absolute atomic E-state index is 12.4. The molecule has 0 aromatic heterocycles. The molecule has 0 radical (unpaired) electrons. The van der Waals surface area contributed by atoms with Crippen LogP contribution in [-0.2, 0) is 0 Å². The van der Waals surface area contributed by atoms with Gasteiger partial charge in [0.1, 0.15) is 0 Å². The lowest BCUT2D eigenvalue weighted by Crippen LogP contribution is -2.42. The Bertz CT molecular complexity index is 526. The molecule has 0 bridgehead atoms. The zero-order valence-corrected chi connectivity index (χ0v) is 12.1. The van der Waals surface area contributed by atoms with E-state index < -0.39 is 5.97 Å². The highest BCUT2D eigenvalue weighted by molar-refractivity contribution is 6.01. The zero-order chi connectivity index (χ0) is 15.3. The molecule has 5 nitrogen and oxygen atoms in total. The highest BCUT2D eigenvalue weighted by atomic mass is 16.4. The number of nitrogens with zero attached hydrogens (tertiary/aromatic N) is 2. The number of likely N-dealkylation sites (N-methyl/N-ethyl adjacent to an activating group) is 1. The first-order chi connectivity index (χ1) is 9.38. The van der Waals surface area contributed by atoms with Crippen molar-refractivity contribution in [1.29, 1.82) is 0 Å². The summed E-state index contributed by atoms with van der Waals surface area (Å²) in [6.07, 6.45) is 0. The van der Waals surface area contributed by atoms with E-state index in [1.54, 1.807) is 30.1 Å². The molecular formula is C15H20N2O3. The molecule has 0 saturated carbocycles. The van der Waals surface area contributed by atoms with Crippen LogP contribution in [0, 0.1) is 0 Å². The van der Waals surface area contributed by atoms with Crippen molar-refractivity contribution in [2.24, 2.45) is 0 Å². The second-order valence-corrected chi connectivity index (χ2v) is 4.64. The Morgan fingerprint density at radius 2 is 1.90 bits per heavy atom. The number of carbonyl (C=O) groups is 2. The molecule has 0 heterocycles. The minimum Gasteiger partial charge on any atom is -0.478 e. The summed E-state index contributed by atoms with van der Waals surface area (Å²) >= 11 is 0. The number of hydrogen-bond acceptors (Lipinski definition) is 2. The van der Waals surface area contributed by atoms with Gasteiger partial charge in [0.2, 0.25) is 0 Å². The monoisotopic (exact) mass is 276 g/mol. The van der Waals surface area contributed by atoms with Gasteiger partial charge in [-0.05, 0) is 26.0 Å². The summed E-state index contributed by atoms with van der Waals surface area (Å²) in [6, 6.07) is 6.20. The van der Waals surface area contributed by atoms with Gasteiger partial charge in [-0.25, -0.2) is 9.59 Å². The fraction of sp³-hybridized carbons (Fsp3) is 0.333. The van der Waals surface area contributed by atoms with Crippen LogP contribution in [0.15, 0.2) is 36.4 Å². The molecule has 1 N–H and O–H groups in total. The number of hydrogen-bond donors (Lipinski definition) is 1. The van der Waals surface area contributed by atoms with Gasteiger partial charge in [-0.1, -0.05) is 24.3 Å². The summed E-state index contributed by atoms with van der Waals surface area (Å²) in [5, 5.41) is 9.17. The van der Waals surface area contributed by atoms with Gasteiger partial charge in [-0.3, -0.25) is 4.90 Å². The van der Waals surface area contributed by atoms with Crippen LogP contribution >= 0.6 is 0 Å². The number of benzene rings is 1. The van der Waals surface area contributed by atoms with Crippen molar-refractivity contribution in [2.75, 3.05) is 25.0 Å². The Morgan fingerprint density at radius 1 is 1.30 bits per heavy atom. The highest BCUT2D eigenvalue weighted by Crippen LogP contribution is 2.20. The molecule has 2 amide bonds. The molecule has 0 spiro atoms. The molecule has 0 aliphatic rings. The molecule has 108 valence electrons. The number of carboxylic acid groups (broad SMARTS) is 1. The molecule has 1 rings (SSSR count). The zero-order valence-electron chi connectivity index (χ0n) is 12.1. The minimum atomic E-state index is -1.05. The Kier molecular flexibility index (Phi) is 5.32. The van der Waals surface area contributed by atoms with Gasteiger partial charge in [0.25, 0.3) is 0 Å². The molecule has 5 heteroatoms. The first-order valence-electron chi connectivity index (χ1n) is 6.37. The van der Waals surface area contributed by atoms with Crippen LogP contribution in [0.2, 0.25) is 0 Å². The van der Waals surface area contributed by atoms with E-state index in [4.69, 9.17) is 0 Å². The first-order valence-corrected chi connectivity index (χ1v) is 6.37. The third-order valence-corrected chi connectivity index (χ3v) is 2.90. The molecule has 1 aromatic carbocycles. The largest absolute Gasteiger partial charge is 0.478 e. The number of para-hydroxylation sites is 1. The molecule has 0 saturated heterocycles. The molecule has 0 aliphatic heterocycles. The van der Waals surface area contributed by atoms with Gasteiger partial charge in [-0.2, -0.15) is 0 Å². The van der Waals surface area contributed by atoms with Crippen LogP contribution in [0.1, 0.15) is 24.2 Å². The summed E-state index contributed by atoms with van der Waals surface area (Å²) in [4.78, 5) is 26.6. The lowest BCUT2D eigenvalue weighted by molar-refractivity contribution is 0.0697. The molecular weight excluding hydrogens is 256 g/mol. The van der Waals surface area contributed by atoms with E-state index in [0.29, 0.717) is 18.8 Å². The van der Waals surface area contributed by atoms with Crippen molar-refractivity contribution in [3.05, 3.63) is 42.0 Å². The Morgan fingerprint density at radius 3 is 2.40 bits per heavy atom. The average Bonchev–Trinajstić information content (AvgIpc) is 2.42. The summed E-state index contributed by atoms with van der Waals surface area (Å²) in [5.41, 5.74) is 1.36. The fourth-order valence-electron chi connectivity index (χ4n) is 1.90. The summed E-state index contributed by atoms with van der Waals surface area (Å²) in [5.74, 6) is -1.05. The predicted molar refractivity (Wildman–Crippen MR) is 79.3 cm³/mol. The van der Waals surface area contributed by atoms with Crippen molar-refractivity contribution >= 4 is 17.7 Å². The highest BCUT2D eigenvalue weighted by Gasteiger charge is 2.21. The van der Waals surface area contributed by atoms with Crippen molar-refractivity contribution < 1.29 is 14.7 Å². The lowest BCUT2D eigenvalue weighted by Gasteiger charge is -2.28. The van der Waals surface area contributed by atoms with Crippen LogP contribution in [-0.4, -0.2) is 42.1 Å². The van der Waals surface area contributed by atoms with Crippen LogP contribution < -0.4 is 4.90 Å². The van der Waals surface area contributed by atoms with E-state index in [1.165, 1.54) is 11.0 Å². The van der Waals surface area contributed by atoms with Crippen molar-refractivity contribution in [1.82, 2.24) is 4.90 Å².